The number of carbonyl (C=O) groups excluding carboxylic acids is 2. The number of nitrogens with zero attached hydrogens (tertiary/aromatic N) is 3. The van der Waals surface area contributed by atoms with Gasteiger partial charge in [0.2, 0.25) is 11.8 Å². The predicted octanol–water partition coefficient (Wildman–Crippen LogP) is 4.57. The summed E-state index contributed by atoms with van der Waals surface area (Å²) in [6.45, 7) is 1.97. The van der Waals surface area contributed by atoms with Crippen LogP contribution in [0.4, 0.5) is 11.4 Å². The van der Waals surface area contributed by atoms with Gasteiger partial charge in [-0.1, -0.05) is 59.8 Å². The van der Waals surface area contributed by atoms with Crippen LogP contribution in [0.2, 0.25) is 0 Å². The lowest BCUT2D eigenvalue weighted by Gasteiger charge is -2.16. The van der Waals surface area contributed by atoms with Crippen LogP contribution in [-0.2, 0) is 9.59 Å². The normalized spacial score (nSPS) is 17.1. The maximum absolute atomic E-state index is 13.2. The van der Waals surface area contributed by atoms with Crippen LogP contribution in [0.15, 0.2) is 89.1 Å². The van der Waals surface area contributed by atoms with E-state index in [9.17, 15) is 14.7 Å². The molecule has 1 atom stereocenters. The molecule has 1 aliphatic rings. The van der Waals surface area contributed by atoms with E-state index in [2.05, 4.69) is 15.5 Å². The van der Waals surface area contributed by atoms with Crippen LogP contribution in [-0.4, -0.2) is 33.6 Å². The van der Waals surface area contributed by atoms with Crippen molar-refractivity contribution in [1.82, 2.24) is 0 Å². The number of phenolic OH excluding ortho intramolecular Hbond substituents is 1. The molecule has 0 bridgehead atoms. The third kappa shape index (κ3) is 5.67. The van der Waals surface area contributed by atoms with Crippen LogP contribution < -0.4 is 10.2 Å². The van der Waals surface area contributed by atoms with Gasteiger partial charge in [-0.25, -0.2) is 0 Å². The lowest BCUT2D eigenvalue weighted by molar-refractivity contribution is -0.121. The fourth-order valence-electron chi connectivity index (χ4n) is 3.21. The highest BCUT2D eigenvalue weighted by atomic mass is 32.2. The molecule has 1 aliphatic heterocycles. The highest BCUT2D eigenvalue weighted by Crippen LogP contribution is 2.34. The minimum absolute atomic E-state index is 0.00657. The zero-order chi connectivity index (χ0) is 23.2. The molecule has 0 saturated carbocycles. The summed E-state index contributed by atoms with van der Waals surface area (Å²) in [6, 6.07) is 23.2. The van der Waals surface area contributed by atoms with Gasteiger partial charge >= 0.3 is 0 Å². The Hall–Kier alpha value is -3.91. The second-order valence-corrected chi connectivity index (χ2v) is 8.62. The molecule has 1 saturated heterocycles. The number of benzene rings is 3. The average Bonchev–Trinajstić information content (AvgIpc) is 3.11. The average molecular weight is 459 g/mol. The third-order valence-electron chi connectivity index (χ3n) is 4.90. The molecule has 3 aromatic rings. The molecule has 4 rings (SSSR count). The first-order valence-electron chi connectivity index (χ1n) is 10.3. The van der Waals surface area contributed by atoms with Gasteiger partial charge in [0.05, 0.1) is 11.9 Å². The minimum Gasteiger partial charge on any atom is -0.508 e. The van der Waals surface area contributed by atoms with E-state index < -0.39 is 5.25 Å². The summed E-state index contributed by atoms with van der Waals surface area (Å²) in [5.74, 6) is -0.435. The summed E-state index contributed by atoms with van der Waals surface area (Å²) in [7, 11) is 0. The predicted molar refractivity (Wildman–Crippen MR) is 133 cm³/mol. The Morgan fingerprint density at radius 3 is 2.45 bits per heavy atom. The zero-order valence-corrected chi connectivity index (χ0v) is 18.7. The number of hydrogen-bond donors (Lipinski definition) is 2. The van der Waals surface area contributed by atoms with Crippen LogP contribution in [0, 0.1) is 6.92 Å². The van der Waals surface area contributed by atoms with Crippen molar-refractivity contribution in [3.63, 3.8) is 0 Å². The van der Waals surface area contributed by atoms with Crippen molar-refractivity contribution in [2.45, 2.75) is 18.6 Å². The number of rotatable bonds is 6. The molecule has 1 heterocycles. The van der Waals surface area contributed by atoms with E-state index in [4.69, 9.17) is 0 Å². The van der Waals surface area contributed by atoms with Gasteiger partial charge in [-0.15, -0.1) is 5.10 Å². The minimum atomic E-state index is -0.644. The number of thioether (sulfide) groups is 1. The summed E-state index contributed by atoms with van der Waals surface area (Å²) >= 11 is 1.19. The molecule has 1 unspecified atom stereocenters. The highest BCUT2D eigenvalue weighted by Gasteiger charge is 2.40. The second kappa shape index (κ2) is 10.1. The Morgan fingerprint density at radius 1 is 1.06 bits per heavy atom. The number of amidine groups is 1. The smallest absolute Gasteiger partial charge is 0.247 e. The monoisotopic (exact) mass is 458 g/mol. The molecule has 2 amide bonds. The van der Waals surface area contributed by atoms with Gasteiger partial charge in [-0.05, 0) is 48.9 Å². The number of nitrogens with one attached hydrogen (secondary N) is 1. The molecule has 0 aliphatic carbocycles. The summed E-state index contributed by atoms with van der Waals surface area (Å²) < 4.78 is 0. The fourth-order valence-corrected chi connectivity index (χ4v) is 4.30. The Kier molecular flexibility index (Phi) is 6.85. The first-order valence-corrected chi connectivity index (χ1v) is 11.2. The Morgan fingerprint density at radius 2 is 1.76 bits per heavy atom. The Balaban J connectivity index is 1.53. The van der Waals surface area contributed by atoms with Crippen LogP contribution in [0.3, 0.4) is 0 Å². The molecular weight excluding hydrogens is 436 g/mol. The highest BCUT2D eigenvalue weighted by molar-refractivity contribution is 8.16. The number of aryl methyl sites for hydroxylation is 1. The van der Waals surface area contributed by atoms with Gasteiger partial charge < -0.3 is 10.4 Å². The van der Waals surface area contributed by atoms with E-state index in [1.54, 1.807) is 18.3 Å². The van der Waals surface area contributed by atoms with Crippen molar-refractivity contribution in [2.24, 2.45) is 10.2 Å². The first-order chi connectivity index (χ1) is 16.0. The Labute approximate surface area is 195 Å². The number of anilines is 2. The quantitative estimate of drug-likeness (QED) is 0.418. The van der Waals surface area contributed by atoms with Crippen LogP contribution in [0.25, 0.3) is 0 Å². The zero-order valence-electron chi connectivity index (χ0n) is 17.9. The number of phenols is 1. The molecule has 2 N–H and O–H groups in total. The molecule has 0 aromatic heterocycles. The van der Waals surface area contributed by atoms with Gasteiger partial charge in [-0.3, -0.25) is 14.5 Å². The van der Waals surface area contributed by atoms with Crippen molar-refractivity contribution in [3.8, 4) is 5.75 Å². The fraction of sp³-hybridized carbons (Fsp3) is 0.120. The maximum Gasteiger partial charge on any atom is 0.247 e. The lowest BCUT2D eigenvalue weighted by Crippen LogP contribution is -2.33. The second-order valence-electron chi connectivity index (χ2n) is 7.45. The van der Waals surface area contributed by atoms with Gasteiger partial charge in [0.25, 0.3) is 0 Å². The number of amides is 2. The largest absolute Gasteiger partial charge is 0.508 e. The molecule has 0 radical (unpaired) electrons. The van der Waals surface area contributed by atoms with Crippen molar-refractivity contribution in [1.29, 1.82) is 0 Å². The van der Waals surface area contributed by atoms with Crippen LogP contribution in [0.5, 0.6) is 5.75 Å². The summed E-state index contributed by atoms with van der Waals surface area (Å²) in [4.78, 5) is 27.2. The maximum atomic E-state index is 13.2. The molecular formula is C25H22N4O3S. The third-order valence-corrected chi connectivity index (χ3v) is 6.03. The van der Waals surface area contributed by atoms with E-state index in [1.807, 2.05) is 61.5 Å². The molecule has 33 heavy (non-hydrogen) atoms. The van der Waals surface area contributed by atoms with E-state index in [0.29, 0.717) is 16.5 Å². The lowest BCUT2D eigenvalue weighted by atomic mass is 10.2. The van der Waals surface area contributed by atoms with Gasteiger partial charge in [0.15, 0.2) is 5.17 Å². The molecule has 3 aromatic carbocycles. The molecule has 166 valence electrons. The van der Waals surface area contributed by atoms with Gasteiger partial charge in [-0.2, -0.15) is 5.10 Å². The molecule has 8 heteroatoms. The van der Waals surface area contributed by atoms with E-state index in [1.165, 1.54) is 28.8 Å². The molecule has 0 spiro atoms. The molecule has 7 nitrogen and oxygen atoms in total. The van der Waals surface area contributed by atoms with Gasteiger partial charge in [0.1, 0.15) is 11.0 Å². The number of hydrogen-bond acceptors (Lipinski definition) is 6. The SMILES string of the molecule is Cc1ccc(NC(=O)CC2S/C(=N/N=C/c3ccccc3)N(c3ccc(O)cc3)C2=O)cc1. The standard InChI is InChI=1S/C25H22N4O3S/c1-17-7-9-19(10-8-17)27-23(31)15-22-24(32)29(20-11-13-21(30)14-12-20)25(33-22)28-26-16-18-5-3-2-4-6-18/h2-14,16,22,30H,15H2,1H3,(H,27,31)/b26-16+,28-25+. The van der Waals surface area contributed by atoms with E-state index in [-0.39, 0.29) is 24.0 Å². The van der Waals surface area contributed by atoms with Gasteiger partial charge in [0, 0.05) is 12.1 Å². The summed E-state index contributed by atoms with van der Waals surface area (Å²) in [5, 5.41) is 20.6. The van der Waals surface area contributed by atoms with Crippen molar-refractivity contribution in [2.75, 3.05) is 10.2 Å². The first kappa shape index (κ1) is 22.3. The van der Waals surface area contributed by atoms with Crippen molar-refractivity contribution in [3.05, 3.63) is 90.0 Å². The van der Waals surface area contributed by atoms with Crippen molar-refractivity contribution < 1.29 is 14.7 Å². The number of carbonyl (C=O) groups is 2. The summed E-state index contributed by atoms with van der Waals surface area (Å²) in [6.07, 6.45) is 1.60. The molecule has 1 fully saturated rings. The van der Waals surface area contributed by atoms with Crippen molar-refractivity contribution >= 4 is 46.3 Å². The van der Waals surface area contributed by atoms with E-state index >= 15 is 0 Å². The van der Waals surface area contributed by atoms with Crippen LogP contribution in [0.1, 0.15) is 17.5 Å². The summed E-state index contributed by atoms with van der Waals surface area (Å²) in [5.41, 5.74) is 3.19. The van der Waals surface area contributed by atoms with Crippen LogP contribution >= 0.6 is 11.8 Å². The van der Waals surface area contributed by atoms with E-state index in [0.717, 1.165) is 11.1 Å². The Bertz CT molecular complexity index is 1190. The number of aromatic hydroxyl groups is 1. The topological polar surface area (TPSA) is 94.4 Å².